The van der Waals surface area contributed by atoms with Crippen molar-refractivity contribution in [2.24, 2.45) is 0 Å². The normalized spacial score (nSPS) is 11.7. The molecule has 0 aromatic heterocycles. The van der Waals surface area contributed by atoms with E-state index in [1.807, 2.05) is 0 Å². The number of benzene rings is 2. The minimum Gasteiger partial charge on any atom is -0.459 e. The Morgan fingerprint density at radius 3 is 1.81 bits per heavy atom. The van der Waals surface area contributed by atoms with Gasteiger partial charge >= 0.3 is 23.8 Å². The van der Waals surface area contributed by atoms with Crippen LogP contribution in [0.5, 0.6) is 0 Å². The standard InChI is InChI=1S/C22H18N2O8/c1-3-31-21(29)19(27)23-14-10-9-13-15(16(14)24-20(28)22(30)32-4-2)18(26)12-8-6-5-7-11(12)17(13)25/h5-10H,3-4H2,1-2H3,(H,23,27)(H,24,28). The van der Waals surface area contributed by atoms with E-state index in [0.717, 1.165) is 0 Å². The molecule has 164 valence electrons. The van der Waals surface area contributed by atoms with Crippen molar-refractivity contribution in [3.63, 3.8) is 0 Å². The summed E-state index contributed by atoms with van der Waals surface area (Å²) in [5, 5.41) is 4.47. The average molecular weight is 438 g/mol. The van der Waals surface area contributed by atoms with Gasteiger partial charge < -0.3 is 20.1 Å². The second kappa shape index (κ2) is 9.21. The van der Waals surface area contributed by atoms with E-state index >= 15 is 0 Å². The molecule has 2 aromatic rings. The zero-order chi connectivity index (χ0) is 23.4. The summed E-state index contributed by atoms with van der Waals surface area (Å²) in [4.78, 5) is 74.2. The van der Waals surface area contributed by atoms with Crippen LogP contribution in [0, 0.1) is 0 Å². The number of ketones is 2. The van der Waals surface area contributed by atoms with Gasteiger partial charge in [-0.1, -0.05) is 24.3 Å². The molecule has 0 bridgehead atoms. The molecular weight excluding hydrogens is 420 g/mol. The maximum Gasteiger partial charge on any atom is 0.397 e. The van der Waals surface area contributed by atoms with Gasteiger partial charge in [0.15, 0.2) is 11.6 Å². The highest BCUT2D eigenvalue weighted by Gasteiger charge is 2.34. The molecule has 0 atom stereocenters. The Morgan fingerprint density at radius 1 is 0.719 bits per heavy atom. The van der Waals surface area contributed by atoms with Gasteiger partial charge in [0.05, 0.1) is 30.2 Å². The number of nitrogens with one attached hydrogen (secondary N) is 2. The zero-order valence-corrected chi connectivity index (χ0v) is 17.1. The maximum absolute atomic E-state index is 13.2. The number of amides is 2. The van der Waals surface area contributed by atoms with Crippen molar-refractivity contribution in [1.29, 1.82) is 0 Å². The van der Waals surface area contributed by atoms with Gasteiger partial charge in [-0.2, -0.15) is 0 Å². The van der Waals surface area contributed by atoms with Gasteiger partial charge in [0.1, 0.15) is 0 Å². The van der Waals surface area contributed by atoms with E-state index in [4.69, 9.17) is 0 Å². The number of esters is 2. The molecule has 10 nitrogen and oxygen atoms in total. The summed E-state index contributed by atoms with van der Waals surface area (Å²) in [6.45, 7) is 2.89. The summed E-state index contributed by atoms with van der Waals surface area (Å²) in [5.41, 5.74) is -0.498. The molecule has 0 fully saturated rings. The van der Waals surface area contributed by atoms with Gasteiger partial charge in [-0.05, 0) is 26.0 Å². The topological polar surface area (TPSA) is 145 Å². The Bertz CT molecular complexity index is 1170. The molecule has 0 saturated carbocycles. The maximum atomic E-state index is 13.2. The van der Waals surface area contributed by atoms with E-state index in [1.54, 1.807) is 12.1 Å². The predicted octanol–water partition coefficient (Wildman–Crippen LogP) is 1.47. The Labute approximate surface area is 181 Å². The summed E-state index contributed by atoms with van der Waals surface area (Å²) in [6, 6.07) is 8.62. The van der Waals surface area contributed by atoms with Crippen LogP contribution in [0.15, 0.2) is 36.4 Å². The van der Waals surface area contributed by atoms with Gasteiger partial charge in [-0.25, -0.2) is 9.59 Å². The van der Waals surface area contributed by atoms with Gasteiger partial charge in [0, 0.05) is 16.7 Å². The number of ether oxygens (including phenoxy) is 2. The molecule has 0 unspecified atom stereocenters. The Kier molecular flexibility index (Phi) is 6.43. The molecule has 2 amide bonds. The molecule has 1 aliphatic rings. The molecule has 1 aliphatic carbocycles. The van der Waals surface area contributed by atoms with Crippen molar-refractivity contribution in [2.45, 2.75) is 13.8 Å². The van der Waals surface area contributed by atoms with Crippen LogP contribution in [0.4, 0.5) is 11.4 Å². The van der Waals surface area contributed by atoms with E-state index in [9.17, 15) is 28.8 Å². The lowest BCUT2D eigenvalue weighted by Gasteiger charge is -2.22. The number of anilines is 2. The Balaban J connectivity index is 2.13. The van der Waals surface area contributed by atoms with Crippen LogP contribution >= 0.6 is 0 Å². The van der Waals surface area contributed by atoms with Crippen molar-refractivity contribution in [1.82, 2.24) is 0 Å². The lowest BCUT2D eigenvalue weighted by Crippen LogP contribution is -2.30. The van der Waals surface area contributed by atoms with E-state index in [-0.39, 0.29) is 46.8 Å². The highest BCUT2D eigenvalue weighted by atomic mass is 16.5. The largest absolute Gasteiger partial charge is 0.459 e. The minimum absolute atomic E-state index is 0.0398. The van der Waals surface area contributed by atoms with Crippen LogP contribution in [0.2, 0.25) is 0 Å². The van der Waals surface area contributed by atoms with E-state index in [1.165, 1.54) is 38.1 Å². The fourth-order valence-electron chi connectivity index (χ4n) is 3.15. The van der Waals surface area contributed by atoms with Gasteiger partial charge in [-0.15, -0.1) is 0 Å². The SMILES string of the molecule is CCOC(=O)C(=O)Nc1ccc2c(c1NC(=O)C(=O)OCC)C(=O)c1ccccc1C2=O. The summed E-state index contributed by atoms with van der Waals surface area (Å²) < 4.78 is 9.28. The van der Waals surface area contributed by atoms with Crippen LogP contribution in [-0.4, -0.2) is 48.5 Å². The van der Waals surface area contributed by atoms with Gasteiger partial charge in [0.2, 0.25) is 0 Å². The third-order valence-electron chi connectivity index (χ3n) is 4.50. The first kappa shape index (κ1) is 22.3. The second-order valence-electron chi connectivity index (χ2n) is 6.46. The second-order valence-corrected chi connectivity index (χ2v) is 6.46. The van der Waals surface area contributed by atoms with Gasteiger partial charge in [0.25, 0.3) is 0 Å². The lowest BCUT2D eigenvalue weighted by molar-refractivity contribution is -0.152. The number of hydrogen-bond donors (Lipinski definition) is 2. The Hall–Kier alpha value is -4.34. The summed E-state index contributed by atoms with van der Waals surface area (Å²) in [7, 11) is 0. The molecule has 3 rings (SSSR count). The summed E-state index contributed by atoms with van der Waals surface area (Å²) >= 11 is 0. The van der Waals surface area contributed by atoms with Crippen molar-refractivity contribution in [2.75, 3.05) is 23.8 Å². The molecule has 0 aliphatic heterocycles. The Morgan fingerprint density at radius 2 is 1.25 bits per heavy atom. The average Bonchev–Trinajstić information content (AvgIpc) is 2.78. The van der Waals surface area contributed by atoms with Crippen molar-refractivity contribution >= 4 is 46.7 Å². The van der Waals surface area contributed by atoms with Crippen molar-refractivity contribution in [3.05, 3.63) is 58.7 Å². The first-order valence-electron chi connectivity index (χ1n) is 9.61. The monoisotopic (exact) mass is 438 g/mol. The first-order valence-corrected chi connectivity index (χ1v) is 9.61. The zero-order valence-electron chi connectivity index (χ0n) is 17.1. The molecule has 0 radical (unpaired) electrons. The fraction of sp³-hybridized carbons (Fsp3) is 0.182. The van der Waals surface area contributed by atoms with Crippen LogP contribution in [0.3, 0.4) is 0 Å². The lowest BCUT2D eigenvalue weighted by atomic mass is 9.83. The molecular formula is C22H18N2O8. The molecule has 32 heavy (non-hydrogen) atoms. The minimum atomic E-state index is -1.23. The van der Waals surface area contributed by atoms with Crippen molar-refractivity contribution in [3.8, 4) is 0 Å². The number of fused-ring (bicyclic) bond motifs is 2. The number of carbonyl (C=O) groups excluding carboxylic acids is 6. The van der Waals surface area contributed by atoms with Gasteiger partial charge in [-0.3, -0.25) is 19.2 Å². The highest BCUT2D eigenvalue weighted by molar-refractivity contribution is 6.41. The summed E-state index contributed by atoms with van der Waals surface area (Å²) in [5.74, 6) is -5.92. The van der Waals surface area contributed by atoms with Crippen LogP contribution in [-0.2, 0) is 28.7 Å². The fourth-order valence-corrected chi connectivity index (χ4v) is 3.15. The first-order chi connectivity index (χ1) is 15.3. The van der Waals surface area contributed by atoms with Crippen LogP contribution < -0.4 is 10.6 Å². The smallest absolute Gasteiger partial charge is 0.397 e. The quantitative estimate of drug-likeness (QED) is 0.460. The van der Waals surface area contributed by atoms with Crippen LogP contribution in [0.1, 0.15) is 45.7 Å². The molecule has 10 heteroatoms. The predicted molar refractivity (Wildman–Crippen MR) is 110 cm³/mol. The highest BCUT2D eigenvalue weighted by Crippen LogP contribution is 2.36. The molecule has 0 heterocycles. The third kappa shape index (κ3) is 4.10. The molecule has 0 saturated heterocycles. The molecule has 2 N–H and O–H groups in total. The molecule has 2 aromatic carbocycles. The van der Waals surface area contributed by atoms with E-state index in [2.05, 4.69) is 20.1 Å². The number of hydrogen-bond acceptors (Lipinski definition) is 8. The van der Waals surface area contributed by atoms with Crippen molar-refractivity contribution < 1.29 is 38.2 Å². The van der Waals surface area contributed by atoms with E-state index < -0.39 is 35.3 Å². The number of rotatable bonds is 4. The van der Waals surface area contributed by atoms with E-state index in [0.29, 0.717) is 0 Å². The van der Waals surface area contributed by atoms with Crippen LogP contribution in [0.25, 0.3) is 0 Å². The molecule has 0 spiro atoms. The number of carbonyl (C=O) groups is 6. The summed E-state index contributed by atoms with van der Waals surface area (Å²) in [6.07, 6.45) is 0. The third-order valence-corrected chi connectivity index (χ3v) is 4.50.